The first-order valence-electron chi connectivity index (χ1n) is 7.18. The average molecular weight is 281 g/mol. The smallest absolute Gasteiger partial charge is 0.0975 e. The number of benzene rings is 1. The first-order valence-corrected chi connectivity index (χ1v) is 8.33. The highest BCUT2D eigenvalue weighted by Crippen LogP contribution is 2.22. The van der Waals surface area contributed by atoms with Crippen molar-refractivity contribution in [3.05, 3.63) is 35.9 Å². The summed E-state index contributed by atoms with van der Waals surface area (Å²) < 4.78 is 15.4. The molecular weight excluding hydrogens is 254 g/mol. The Morgan fingerprint density at radius 1 is 1.16 bits per heavy atom. The van der Waals surface area contributed by atoms with E-state index < -0.39 is 11.0 Å². The molecule has 19 heavy (non-hydrogen) atoms. The van der Waals surface area contributed by atoms with Crippen molar-refractivity contribution in [2.45, 2.75) is 64.2 Å². The van der Waals surface area contributed by atoms with Gasteiger partial charge in [-0.05, 0) is 32.8 Å². The van der Waals surface area contributed by atoms with Crippen molar-refractivity contribution in [1.82, 2.24) is 4.72 Å². The SMILES string of the molecule is CCCCC[C@H](N[S@](=O)C(C)(C)C)c1ccccc1. The van der Waals surface area contributed by atoms with Gasteiger partial charge in [0.25, 0.3) is 0 Å². The van der Waals surface area contributed by atoms with E-state index in [4.69, 9.17) is 0 Å². The lowest BCUT2D eigenvalue weighted by Crippen LogP contribution is -2.35. The topological polar surface area (TPSA) is 29.1 Å². The van der Waals surface area contributed by atoms with Crippen molar-refractivity contribution < 1.29 is 4.21 Å². The van der Waals surface area contributed by atoms with Crippen molar-refractivity contribution in [1.29, 1.82) is 0 Å². The van der Waals surface area contributed by atoms with Crippen LogP contribution in [0, 0.1) is 0 Å². The van der Waals surface area contributed by atoms with Gasteiger partial charge >= 0.3 is 0 Å². The Bertz CT molecular complexity index is 383. The highest BCUT2D eigenvalue weighted by molar-refractivity contribution is 7.84. The van der Waals surface area contributed by atoms with E-state index in [0.717, 1.165) is 6.42 Å². The molecule has 0 unspecified atom stereocenters. The second-order valence-electron chi connectivity index (χ2n) is 5.96. The van der Waals surface area contributed by atoms with E-state index >= 15 is 0 Å². The van der Waals surface area contributed by atoms with Gasteiger partial charge in [0.2, 0.25) is 0 Å². The Labute approximate surface area is 120 Å². The maximum atomic E-state index is 12.3. The first kappa shape index (κ1) is 16.4. The molecule has 0 aromatic heterocycles. The van der Waals surface area contributed by atoms with Crippen molar-refractivity contribution in [2.75, 3.05) is 0 Å². The summed E-state index contributed by atoms with van der Waals surface area (Å²) in [4.78, 5) is 0. The number of unbranched alkanes of at least 4 members (excludes halogenated alkanes) is 2. The molecule has 1 rings (SSSR count). The molecule has 2 atom stereocenters. The van der Waals surface area contributed by atoms with Crippen molar-refractivity contribution >= 4 is 11.0 Å². The van der Waals surface area contributed by atoms with Gasteiger partial charge in [0.1, 0.15) is 0 Å². The van der Waals surface area contributed by atoms with Gasteiger partial charge in [-0.3, -0.25) is 0 Å². The summed E-state index contributed by atoms with van der Waals surface area (Å²) in [6.07, 6.45) is 4.65. The second kappa shape index (κ2) is 7.81. The van der Waals surface area contributed by atoms with Gasteiger partial charge in [0.05, 0.1) is 15.7 Å². The van der Waals surface area contributed by atoms with Crippen LogP contribution in [-0.4, -0.2) is 8.96 Å². The summed E-state index contributed by atoms with van der Waals surface area (Å²) in [5, 5.41) is 0. The fourth-order valence-electron chi connectivity index (χ4n) is 1.88. The Morgan fingerprint density at radius 2 is 1.79 bits per heavy atom. The van der Waals surface area contributed by atoms with Gasteiger partial charge in [-0.2, -0.15) is 0 Å². The third kappa shape index (κ3) is 5.87. The van der Waals surface area contributed by atoms with E-state index in [0.29, 0.717) is 0 Å². The third-order valence-electron chi connectivity index (χ3n) is 3.10. The van der Waals surface area contributed by atoms with Crippen LogP contribution in [-0.2, 0) is 11.0 Å². The van der Waals surface area contributed by atoms with E-state index in [-0.39, 0.29) is 10.8 Å². The minimum absolute atomic E-state index is 0.188. The van der Waals surface area contributed by atoms with Crippen molar-refractivity contribution in [2.24, 2.45) is 0 Å². The van der Waals surface area contributed by atoms with Crippen LogP contribution in [0.5, 0.6) is 0 Å². The van der Waals surface area contributed by atoms with E-state index in [1.807, 2.05) is 39.0 Å². The zero-order valence-electron chi connectivity index (χ0n) is 12.6. The highest BCUT2D eigenvalue weighted by Gasteiger charge is 2.23. The largest absolute Gasteiger partial charge is 0.242 e. The molecule has 0 saturated carbocycles. The molecule has 0 aliphatic rings. The molecular formula is C16H27NOS. The van der Waals surface area contributed by atoms with Crippen LogP contribution >= 0.6 is 0 Å². The average Bonchev–Trinajstić information content (AvgIpc) is 2.37. The van der Waals surface area contributed by atoms with Crippen LogP contribution in [0.15, 0.2) is 30.3 Å². The Balaban J connectivity index is 2.73. The quantitative estimate of drug-likeness (QED) is 0.739. The summed E-state index contributed by atoms with van der Waals surface area (Å²) in [5.41, 5.74) is 1.23. The molecule has 0 heterocycles. The van der Waals surface area contributed by atoms with Crippen LogP contribution in [0.4, 0.5) is 0 Å². The Hall–Kier alpha value is -0.670. The molecule has 1 N–H and O–H groups in total. The predicted octanol–water partition coefficient (Wildman–Crippen LogP) is 4.36. The molecule has 1 aromatic carbocycles. The minimum atomic E-state index is -1.02. The molecule has 0 spiro atoms. The number of rotatable bonds is 7. The summed E-state index contributed by atoms with van der Waals surface area (Å²) in [6, 6.07) is 10.5. The fraction of sp³-hybridized carbons (Fsp3) is 0.625. The first-order chi connectivity index (χ1) is 8.95. The zero-order chi connectivity index (χ0) is 14.3. The molecule has 0 aliphatic carbocycles. The lowest BCUT2D eigenvalue weighted by molar-refractivity contribution is 0.536. The Morgan fingerprint density at radius 3 is 2.32 bits per heavy atom. The van der Waals surface area contributed by atoms with Crippen LogP contribution in [0.2, 0.25) is 0 Å². The third-order valence-corrected chi connectivity index (χ3v) is 4.71. The summed E-state index contributed by atoms with van der Waals surface area (Å²) >= 11 is 0. The summed E-state index contributed by atoms with van der Waals surface area (Å²) in [5.74, 6) is 0. The highest BCUT2D eigenvalue weighted by atomic mass is 32.2. The summed E-state index contributed by atoms with van der Waals surface area (Å²) in [7, 11) is -1.02. The predicted molar refractivity (Wildman–Crippen MR) is 84.4 cm³/mol. The van der Waals surface area contributed by atoms with Crippen LogP contribution < -0.4 is 4.72 Å². The van der Waals surface area contributed by atoms with Gasteiger partial charge in [0.15, 0.2) is 0 Å². The molecule has 3 heteroatoms. The standard InChI is InChI=1S/C16H27NOS/c1-5-6-8-13-15(14-11-9-7-10-12-14)17-19(18)16(2,3)4/h7,9-12,15,17H,5-6,8,13H2,1-4H3/t15-,19+/m0/s1. The van der Waals surface area contributed by atoms with Gasteiger partial charge < -0.3 is 0 Å². The van der Waals surface area contributed by atoms with Gasteiger partial charge in [0, 0.05) is 6.04 Å². The fourth-order valence-corrected chi connectivity index (χ4v) is 2.75. The molecule has 108 valence electrons. The Kier molecular flexibility index (Phi) is 6.73. The monoisotopic (exact) mass is 281 g/mol. The van der Waals surface area contributed by atoms with Crippen LogP contribution in [0.1, 0.15) is 65.0 Å². The molecule has 1 aromatic rings. The van der Waals surface area contributed by atoms with Crippen LogP contribution in [0.3, 0.4) is 0 Å². The maximum absolute atomic E-state index is 12.3. The lowest BCUT2D eigenvalue weighted by Gasteiger charge is -2.24. The second-order valence-corrected chi connectivity index (χ2v) is 7.96. The molecule has 0 radical (unpaired) electrons. The van der Waals surface area contributed by atoms with E-state index in [2.05, 4.69) is 23.8 Å². The van der Waals surface area contributed by atoms with E-state index in [1.54, 1.807) is 0 Å². The molecule has 0 fully saturated rings. The molecule has 0 aliphatic heterocycles. The van der Waals surface area contributed by atoms with Gasteiger partial charge in [-0.25, -0.2) is 8.93 Å². The summed E-state index contributed by atoms with van der Waals surface area (Å²) in [6.45, 7) is 8.22. The molecule has 2 nitrogen and oxygen atoms in total. The normalized spacial score (nSPS) is 15.2. The number of hydrogen-bond donors (Lipinski definition) is 1. The number of nitrogens with one attached hydrogen (secondary N) is 1. The molecule has 0 amide bonds. The number of hydrogen-bond acceptors (Lipinski definition) is 1. The van der Waals surface area contributed by atoms with Crippen LogP contribution in [0.25, 0.3) is 0 Å². The van der Waals surface area contributed by atoms with E-state index in [1.165, 1.54) is 24.8 Å². The van der Waals surface area contributed by atoms with Crippen molar-refractivity contribution in [3.63, 3.8) is 0 Å². The van der Waals surface area contributed by atoms with Gasteiger partial charge in [-0.1, -0.05) is 56.5 Å². The molecule has 0 bridgehead atoms. The maximum Gasteiger partial charge on any atom is 0.0975 e. The lowest BCUT2D eigenvalue weighted by atomic mass is 10.0. The van der Waals surface area contributed by atoms with Crippen molar-refractivity contribution in [3.8, 4) is 0 Å². The minimum Gasteiger partial charge on any atom is -0.242 e. The van der Waals surface area contributed by atoms with E-state index in [9.17, 15) is 4.21 Å². The zero-order valence-corrected chi connectivity index (χ0v) is 13.4. The van der Waals surface area contributed by atoms with Gasteiger partial charge in [-0.15, -0.1) is 0 Å². The molecule has 0 saturated heterocycles.